The third-order valence-electron chi connectivity index (χ3n) is 3.28. The van der Waals surface area contributed by atoms with Crippen LogP contribution in [0.1, 0.15) is 13.8 Å². The first-order valence-electron chi connectivity index (χ1n) is 6.81. The number of nitrogens with zero attached hydrogens (tertiary/aromatic N) is 1. The SMILES string of the molecule is CC(C)CS(=O)(=O)C1CN(C(=O)Nc2cccc(Cl)c2)C1. The number of benzene rings is 1. The summed E-state index contributed by atoms with van der Waals surface area (Å²) in [4.78, 5) is 13.5. The lowest BCUT2D eigenvalue weighted by atomic mass is 10.2. The van der Waals surface area contributed by atoms with Crippen LogP contribution in [0.15, 0.2) is 24.3 Å². The van der Waals surface area contributed by atoms with E-state index in [0.717, 1.165) is 0 Å². The molecular weight excluding hydrogens is 312 g/mol. The summed E-state index contributed by atoms with van der Waals surface area (Å²) in [7, 11) is -3.11. The average Bonchev–Trinajstić information content (AvgIpc) is 2.23. The monoisotopic (exact) mass is 330 g/mol. The largest absolute Gasteiger partial charge is 0.322 e. The van der Waals surface area contributed by atoms with Crippen molar-refractivity contribution in [1.82, 2.24) is 4.90 Å². The quantitative estimate of drug-likeness (QED) is 0.922. The number of anilines is 1. The predicted molar refractivity (Wildman–Crippen MR) is 84.5 cm³/mol. The highest BCUT2D eigenvalue weighted by molar-refractivity contribution is 7.92. The van der Waals surface area contributed by atoms with Gasteiger partial charge < -0.3 is 10.2 Å². The number of urea groups is 1. The lowest BCUT2D eigenvalue weighted by Crippen LogP contribution is -2.58. The molecule has 0 saturated carbocycles. The molecule has 0 bridgehead atoms. The normalized spacial score (nSPS) is 15.9. The smallest absolute Gasteiger partial charge is 0.321 e. The molecule has 2 amide bonds. The summed E-state index contributed by atoms with van der Waals surface area (Å²) in [5.74, 6) is 0.269. The Kier molecular flexibility index (Phi) is 4.78. The Morgan fingerprint density at radius 2 is 2.10 bits per heavy atom. The maximum Gasteiger partial charge on any atom is 0.321 e. The van der Waals surface area contributed by atoms with E-state index in [1.54, 1.807) is 24.3 Å². The van der Waals surface area contributed by atoms with Crippen LogP contribution in [0.25, 0.3) is 0 Å². The highest BCUT2D eigenvalue weighted by atomic mass is 35.5. The molecule has 0 radical (unpaired) electrons. The minimum Gasteiger partial charge on any atom is -0.322 e. The summed E-state index contributed by atoms with van der Waals surface area (Å²) in [6.45, 7) is 4.25. The van der Waals surface area contributed by atoms with Crippen molar-refractivity contribution in [3.63, 3.8) is 0 Å². The number of hydrogen-bond acceptors (Lipinski definition) is 3. The van der Waals surface area contributed by atoms with E-state index in [9.17, 15) is 13.2 Å². The maximum absolute atomic E-state index is 12.0. The summed E-state index contributed by atoms with van der Waals surface area (Å²) < 4.78 is 24.0. The number of halogens is 1. The predicted octanol–water partition coefficient (Wildman–Crippen LogP) is 2.63. The van der Waals surface area contributed by atoms with Gasteiger partial charge in [-0.1, -0.05) is 31.5 Å². The van der Waals surface area contributed by atoms with Gasteiger partial charge in [-0.25, -0.2) is 13.2 Å². The van der Waals surface area contributed by atoms with Crippen LogP contribution in [0.4, 0.5) is 10.5 Å². The van der Waals surface area contributed by atoms with Crippen molar-refractivity contribution in [2.24, 2.45) is 5.92 Å². The molecule has 7 heteroatoms. The summed E-state index contributed by atoms with van der Waals surface area (Å²) in [5, 5.41) is 2.80. The van der Waals surface area contributed by atoms with Crippen LogP contribution in [0.3, 0.4) is 0 Å². The lowest BCUT2D eigenvalue weighted by molar-refractivity contribution is 0.182. The molecule has 0 aliphatic carbocycles. The van der Waals surface area contributed by atoms with Gasteiger partial charge in [0.1, 0.15) is 0 Å². The number of amides is 2. The lowest BCUT2D eigenvalue weighted by Gasteiger charge is -2.38. The van der Waals surface area contributed by atoms with Gasteiger partial charge in [0.05, 0.1) is 11.0 Å². The summed E-state index contributed by atoms with van der Waals surface area (Å²) in [5.41, 5.74) is 0.598. The molecule has 0 spiro atoms. The van der Waals surface area contributed by atoms with E-state index >= 15 is 0 Å². The standard InChI is InChI=1S/C14H19ClN2O3S/c1-10(2)9-21(19,20)13-7-17(8-13)14(18)16-12-5-3-4-11(15)6-12/h3-6,10,13H,7-9H2,1-2H3,(H,16,18). The van der Waals surface area contributed by atoms with Crippen molar-refractivity contribution in [1.29, 1.82) is 0 Å². The van der Waals surface area contributed by atoms with Crippen LogP contribution in [-0.2, 0) is 9.84 Å². The van der Waals surface area contributed by atoms with Gasteiger partial charge in [0, 0.05) is 23.8 Å². The first kappa shape index (κ1) is 16.1. The Balaban J connectivity index is 1.88. The van der Waals surface area contributed by atoms with Gasteiger partial charge in [-0.2, -0.15) is 0 Å². The van der Waals surface area contributed by atoms with Gasteiger partial charge in [-0.3, -0.25) is 0 Å². The highest BCUT2D eigenvalue weighted by Gasteiger charge is 2.39. The molecule has 21 heavy (non-hydrogen) atoms. The minimum atomic E-state index is -3.11. The van der Waals surface area contributed by atoms with Gasteiger partial charge in [0.15, 0.2) is 9.84 Å². The van der Waals surface area contributed by atoms with E-state index in [-0.39, 0.29) is 30.8 Å². The molecule has 1 aliphatic heterocycles. The van der Waals surface area contributed by atoms with Crippen LogP contribution in [0, 0.1) is 5.92 Å². The molecule has 1 aliphatic rings. The van der Waals surface area contributed by atoms with Crippen molar-refractivity contribution in [2.45, 2.75) is 19.1 Å². The van der Waals surface area contributed by atoms with Crippen molar-refractivity contribution >= 4 is 33.2 Å². The Bertz CT molecular complexity index is 625. The topological polar surface area (TPSA) is 66.5 Å². The molecule has 1 aromatic carbocycles. The maximum atomic E-state index is 12.0. The number of carbonyl (C=O) groups excluding carboxylic acids is 1. The number of sulfone groups is 1. The number of hydrogen-bond donors (Lipinski definition) is 1. The fraction of sp³-hybridized carbons (Fsp3) is 0.500. The van der Waals surface area contributed by atoms with Gasteiger partial charge in [0.25, 0.3) is 0 Å². The third-order valence-corrected chi connectivity index (χ3v) is 5.96. The van der Waals surface area contributed by atoms with Crippen molar-refractivity contribution in [3.8, 4) is 0 Å². The average molecular weight is 331 g/mol. The molecule has 2 rings (SSSR count). The van der Waals surface area contributed by atoms with Crippen LogP contribution in [-0.4, -0.2) is 43.4 Å². The van der Waals surface area contributed by atoms with Crippen molar-refractivity contribution < 1.29 is 13.2 Å². The number of carbonyl (C=O) groups is 1. The fourth-order valence-corrected chi connectivity index (χ4v) is 4.41. The fourth-order valence-electron chi connectivity index (χ4n) is 2.20. The Morgan fingerprint density at radius 1 is 1.43 bits per heavy atom. The van der Waals surface area contributed by atoms with Crippen LogP contribution in [0.2, 0.25) is 5.02 Å². The molecule has 1 aromatic rings. The molecule has 0 atom stereocenters. The van der Waals surface area contributed by atoms with Gasteiger partial charge in [-0.05, 0) is 24.1 Å². The van der Waals surface area contributed by atoms with Crippen molar-refractivity contribution in [3.05, 3.63) is 29.3 Å². The zero-order valence-corrected chi connectivity index (χ0v) is 13.6. The molecule has 1 saturated heterocycles. The minimum absolute atomic E-state index is 0.101. The van der Waals surface area contributed by atoms with Gasteiger partial charge in [-0.15, -0.1) is 0 Å². The van der Waals surface area contributed by atoms with Crippen molar-refractivity contribution in [2.75, 3.05) is 24.2 Å². The molecular formula is C14H19ClN2O3S. The molecule has 0 aromatic heterocycles. The first-order valence-corrected chi connectivity index (χ1v) is 8.90. The van der Waals surface area contributed by atoms with Gasteiger partial charge in [0.2, 0.25) is 0 Å². The first-order chi connectivity index (χ1) is 9.78. The van der Waals surface area contributed by atoms with E-state index in [4.69, 9.17) is 11.6 Å². The summed E-state index contributed by atoms with van der Waals surface area (Å²) in [6, 6.07) is 6.54. The second-order valence-electron chi connectivity index (χ2n) is 5.69. The molecule has 0 unspecified atom stereocenters. The van der Waals surface area contributed by atoms with E-state index in [1.807, 2.05) is 13.8 Å². The zero-order valence-electron chi connectivity index (χ0n) is 12.0. The summed E-state index contributed by atoms with van der Waals surface area (Å²) in [6.07, 6.45) is 0. The summed E-state index contributed by atoms with van der Waals surface area (Å²) >= 11 is 5.84. The molecule has 5 nitrogen and oxygen atoms in total. The van der Waals surface area contributed by atoms with E-state index in [1.165, 1.54) is 4.90 Å². The number of rotatable bonds is 4. The van der Waals surface area contributed by atoms with E-state index in [0.29, 0.717) is 10.7 Å². The molecule has 1 heterocycles. The molecule has 116 valence electrons. The Labute approximate surface area is 130 Å². The van der Waals surface area contributed by atoms with Crippen LogP contribution >= 0.6 is 11.6 Å². The number of likely N-dealkylation sites (tertiary alicyclic amines) is 1. The van der Waals surface area contributed by atoms with Crippen LogP contribution < -0.4 is 5.32 Å². The third kappa shape index (κ3) is 4.11. The van der Waals surface area contributed by atoms with Crippen LogP contribution in [0.5, 0.6) is 0 Å². The Morgan fingerprint density at radius 3 is 2.67 bits per heavy atom. The highest BCUT2D eigenvalue weighted by Crippen LogP contribution is 2.21. The number of nitrogens with one attached hydrogen (secondary N) is 1. The van der Waals surface area contributed by atoms with E-state index < -0.39 is 15.1 Å². The second kappa shape index (κ2) is 6.23. The molecule has 1 N–H and O–H groups in total. The molecule has 1 fully saturated rings. The Hall–Kier alpha value is -1.27. The zero-order chi connectivity index (χ0) is 15.6. The van der Waals surface area contributed by atoms with E-state index in [2.05, 4.69) is 5.32 Å². The second-order valence-corrected chi connectivity index (χ2v) is 8.45. The van der Waals surface area contributed by atoms with Gasteiger partial charge >= 0.3 is 6.03 Å².